The predicted octanol–water partition coefficient (Wildman–Crippen LogP) is 4.99. The molecule has 5 nitrogen and oxygen atoms in total. The number of thioether (sulfide) groups is 1. The van der Waals surface area contributed by atoms with Gasteiger partial charge in [0.2, 0.25) is 0 Å². The van der Waals surface area contributed by atoms with Crippen LogP contribution in [0.15, 0.2) is 41.3 Å². The molecular formula is C23H25NO4S2. The van der Waals surface area contributed by atoms with Crippen molar-refractivity contribution in [2.75, 3.05) is 26.9 Å². The Hall–Kier alpha value is -2.51. The Labute approximate surface area is 187 Å². The molecule has 2 aromatic rings. The number of ether oxygens (including phenoxy) is 3. The third-order valence-corrected chi connectivity index (χ3v) is 5.98. The molecule has 0 bridgehead atoms. The highest BCUT2D eigenvalue weighted by molar-refractivity contribution is 8.26. The maximum Gasteiger partial charge on any atom is 0.265 e. The van der Waals surface area contributed by atoms with E-state index >= 15 is 0 Å². The molecule has 1 heterocycles. The normalized spacial score (nSPS) is 15.1. The number of benzene rings is 2. The van der Waals surface area contributed by atoms with Crippen molar-refractivity contribution >= 4 is 40.3 Å². The molecule has 1 aliphatic heterocycles. The van der Waals surface area contributed by atoms with Gasteiger partial charge in [-0.1, -0.05) is 42.2 Å². The zero-order valence-electron chi connectivity index (χ0n) is 17.6. The van der Waals surface area contributed by atoms with Gasteiger partial charge in [-0.3, -0.25) is 9.69 Å². The van der Waals surface area contributed by atoms with Gasteiger partial charge in [-0.15, -0.1) is 0 Å². The summed E-state index contributed by atoms with van der Waals surface area (Å²) >= 11 is 6.48. The fourth-order valence-corrected chi connectivity index (χ4v) is 4.04. The number of hydrogen-bond donors (Lipinski definition) is 0. The van der Waals surface area contributed by atoms with Crippen molar-refractivity contribution in [2.24, 2.45) is 0 Å². The molecule has 0 aliphatic carbocycles. The van der Waals surface area contributed by atoms with Crippen LogP contribution in [-0.2, 0) is 4.79 Å². The molecule has 2 aromatic carbocycles. The SMILES string of the molecule is CCOc1cc(/C=C2\SC(=S)N(C)C2=O)ccc1OCCOc1cc(C)ccc1C. The van der Waals surface area contributed by atoms with Crippen molar-refractivity contribution in [3.05, 3.63) is 58.0 Å². The lowest BCUT2D eigenvalue weighted by molar-refractivity contribution is -0.121. The van der Waals surface area contributed by atoms with E-state index in [9.17, 15) is 4.79 Å². The average molecular weight is 444 g/mol. The molecular weight excluding hydrogens is 418 g/mol. The minimum absolute atomic E-state index is 0.0909. The van der Waals surface area contributed by atoms with E-state index in [-0.39, 0.29) is 5.91 Å². The summed E-state index contributed by atoms with van der Waals surface area (Å²) in [5.74, 6) is 2.05. The summed E-state index contributed by atoms with van der Waals surface area (Å²) in [6.07, 6.45) is 1.82. The maximum atomic E-state index is 12.2. The Bertz CT molecular complexity index is 987. The van der Waals surface area contributed by atoms with Crippen LogP contribution in [0.25, 0.3) is 6.08 Å². The Morgan fingerprint density at radius 1 is 1.00 bits per heavy atom. The van der Waals surface area contributed by atoms with Gasteiger partial charge in [0.15, 0.2) is 11.5 Å². The van der Waals surface area contributed by atoms with Crippen LogP contribution in [0.3, 0.4) is 0 Å². The number of thiocarbonyl (C=S) groups is 1. The molecule has 1 fully saturated rings. The first-order valence-electron chi connectivity index (χ1n) is 9.70. The number of nitrogens with zero attached hydrogens (tertiary/aromatic N) is 1. The van der Waals surface area contributed by atoms with Gasteiger partial charge in [0, 0.05) is 7.05 Å². The number of aryl methyl sites for hydroxylation is 2. The molecule has 158 valence electrons. The molecule has 1 saturated heterocycles. The second-order valence-electron chi connectivity index (χ2n) is 6.85. The van der Waals surface area contributed by atoms with Crippen LogP contribution in [-0.4, -0.2) is 42.0 Å². The molecule has 30 heavy (non-hydrogen) atoms. The molecule has 0 radical (unpaired) electrons. The van der Waals surface area contributed by atoms with E-state index in [0.717, 1.165) is 22.4 Å². The number of rotatable bonds is 8. The van der Waals surface area contributed by atoms with E-state index in [4.69, 9.17) is 26.4 Å². The summed E-state index contributed by atoms with van der Waals surface area (Å²) in [7, 11) is 1.68. The molecule has 0 spiro atoms. The van der Waals surface area contributed by atoms with Crippen molar-refractivity contribution in [1.29, 1.82) is 0 Å². The van der Waals surface area contributed by atoms with Gasteiger partial charge < -0.3 is 14.2 Å². The molecule has 1 amide bonds. The summed E-state index contributed by atoms with van der Waals surface area (Å²) in [4.78, 5) is 14.3. The highest BCUT2D eigenvalue weighted by Crippen LogP contribution is 2.34. The van der Waals surface area contributed by atoms with E-state index in [1.54, 1.807) is 7.05 Å². The Morgan fingerprint density at radius 2 is 1.73 bits per heavy atom. The van der Waals surface area contributed by atoms with Gasteiger partial charge in [-0.05, 0) is 61.7 Å². The molecule has 3 rings (SSSR count). The molecule has 0 unspecified atom stereocenters. The van der Waals surface area contributed by atoms with Crippen LogP contribution < -0.4 is 14.2 Å². The van der Waals surface area contributed by atoms with E-state index < -0.39 is 0 Å². The zero-order valence-corrected chi connectivity index (χ0v) is 19.2. The van der Waals surface area contributed by atoms with Crippen molar-refractivity contribution in [3.8, 4) is 17.2 Å². The zero-order chi connectivity index (χ0) is 21.7. The van der Waals surface area contributed by atoms with E-state index in [1.165, 1.54) is 16.7 Å². The highest BCUT2D eigenvalue weighted by Gasteiger charge is 2.28. The van der Waals surface area contributed by atoms with Crippen LogP contribution in [0.1, 0.15) is 23.6 Å². The van der Waals surface area contributed by atoms with Crippen LogP contribution in [0, 0.1) is 13.8 Å². The first-order chi connectivity index (χ1) is 14.4. The molecule has 0 atom stereocenters. The van der Waals surface area contributed by atoms with Crippen molar-refractivity contribution in [2.45, 2.75) is 20.8 Å². The predicted molar refractivity (Wildman–Crippen MR) is 125 cm³/mol. The fourth-order valence-electron chi connectivity index (χ4n) is 2.86. The molecule has 0 N–H and O–H groups in total. The molecule has 0 saturated carbocycles. The first kappa shape index (κ1) is 22.2. The van der Waals surface area contributed by atoms with Gasteiger partial charge in [-0.25, -0.2) is 0 Å². The lowest BCUT2D eigenvalue weighted by atomic mass is 10.1. The number of carbonyl (C=O) groups excluding carboxylic acids is 1. The fraction of sp³-hybridized carbons (Fsp3) is 0.304. The van der Waals surface area contributed by atoms with Gasteiger partial charge in [0.05, 0.1) is 11.5 Å². The Morgan fingerprint density at radius 3 is 2.40 bits per heavy atom. The quantitative estimate of drug-likeness (QED) is 0.325. The number of hydrogen-bond acceptors (Lipinski definition) is 6. The van der Waals surface area contributed by atoms with E-state index in [2.05, 4.69) is 6.07 Å². The van der Waals surface area contributed by atoms with Gasteiger partial charge in [0.1, 0.15) is 23.3 Å². The van der Waals surface area contributed by atoms with Crippen LogP contribution in [0.5, 0.6) is 17.2 Å². The van der Waals surface area contributed by atoms with Crippen molar-refractivity contribution in [3.63, 3.8) is 0 Å². The standard InChI is InChI=1S/C23H25NO4S2/c1-5-26-20-13-17(14-21-22(25)24(4)23(29)30-21)8-9-18(20)27-10-11-28-19-12-15(2)6-7-16(19)3/h6-9,12-14H,5,10-11H2,1-4H3/b21-14-. The topological polar surface area (TPSA) is 48.0 Å². The first-order valence-corrected chi connectivity index (χ1v) is 10.9. The Balaban J connectivity index is 1.66. The van der Waals surface area contributed by atoms with Gasteiger partial charge in [-0.2, -0.15) is 0 Å². The van der Waals surface area contributed by atoms with E-state index in [1.807, 2.05) is 57.2 Å². The highest BCUT2D eigenvalue weighted by atomic mass is 32.2. The number of likely N-dealkylation sites (N-methyl/N-ethyl adjacent to an activating group) is 1. The van der Waals surface area contributed by atoms with Gasteiger partial charge in [0.25, 0.3) is 5.91 Å². The Kier molecular flexibility index (Phi) is 7.39. The average Bonchev–Trinajstić information content (AvgIpc) is 2.96. The monoisotopic (exact) mass is 443 g/mol. The summed E-state index contributed by atoms with van der Waals surface area (Å²) in [5.41, 5.74) is 3.11. The number of carbonyl (C=O) groups is 1. The lowest BCUT2D eigenvalue weighted by Crippen LogP contribution is -2.22. The largest absolute Gasteiger partial charge is 0.490 e. The van der Waals surface area contributed by atoms with E-state index in [0.29, 0.717) is 40.5 Å². The lowest BCUT2D eigenvalue weighted by Gasteiger charge is -2.14. The van der Waals surface area contributed by atoms with Crippen LogP contribution >= 0.6 is 24.0 Å². The summed E-state index contributed by atoms with van der Waals surface area (Å²) < 4.78 is 18.0. The van der Waals surface area contributed by atoms with Crippen LogP contribution in [0.2, 0.25) is 0 Å². The third-order valence-electron chi connectivity index (χ3n) is 4.49. The molecule has 1 aliphatic rings. The molecule has 7 heteroatoms. The smallest absolute Gasteiger partial charge is 0.265 e. The van der Waals surface area contributed by atoms with Gasteiger partial charge >= 0.3 is 0 Å². The second kappa shape index (κ2) is 10.00. The van der Waals surface area contributed by atoms with Crippen molar-refractivity contribution in [1.82, 2.24) is 4.90 Å². The summed E-state index contributed by atoms with van der Waals surface area (Å²) in [5, 5.41) is 0. The van der Waals surface area contributed by atoms with Crippen LogP contribution in [0.4, 0.5) is 0 Å². The minimum atomic E-state index is -0.0909. The molecule has 0 aromatic heterocycles. The third kappa shape index (κ3) is 5.34. The number of amides is 1. The van der Waals surface area contributed by atoms with Crippen molar-refractivity contribution < 1.29 is 19.0 Å². The second-order valence-corrected chi connectivity index (χ2v) is 8.52. The summed E-state index contributed by atoms with van der Waals surface area (Å²) in [6, 6.07) is 11.7. The maximum absolute atomic E-state index is 12.2. The summed E-state index contributed by atoms with van der Waals surface area (Å²) in [6.45, 7) is 7.31. The minimum Gasteiger partial charge on any atom is -0.490 e.